The highest BCUT2D eigenvalue weighted by Crippen LogP contribution is 2.36. The summed E-state index contributed by atoms with van der Waals surface area (Å²) in [5, 5.41) is 4.73. The fourth-order valence-corrected chi connectivity index (χ4v) is 7.21. The Morgan fingerprint density at radius 2 is 0.920 bits per heavy atom. The molecule has 7 aromatic carbocycles. The Balaban J connectivity index is 1.08. The van der Waals surface area contributed by atoms with Crippen molar-refractivity contribution >= 4 is 43.7 Å². The van der Waals surface area contributed by atoms with E-state index in [4.69, 9.17) is 14.4 Å². The first kappa shape index (κ1) is 28.3. The highest BCUT2D eigenvalue weighted by Gasteiger charge is 2.15. The van der Waals surface area contributed by atoms with E-state index in [2.05, 4.69) is 150 Å². The lowest BCUT2D eigenvalue weighted by molar-refractivity contribution is 0.669. The predicted molar refractivity (Wildman–Crippen MR) is 205 cm³/mol. The summed E-state index contributed by atoms with van der Waals surface area (Å²) >= 11 is 0. The van der Waals surface area contributed by atoms with Gasteiger partial charge in [-0.25, -0.2) is 9.97 Å². The Bertz CT molecular complexity index is 2810. The van der Waals surface area contributed by atoms with E-state index in [-0.39, 0.29) is 0 Å². The summed E-state index contributed by atoms with van der Waals surface area (Å²) in [5.74, 6) is 0.687. The summed E-state index contributed by atoms with van der Waals surface area (Å²) in [7, 11) is 0. The maximum absolute atomic E-state index is 6.09. The van der Waals surface area contributed by atoms with E-state index < -0.39 is 0 Å². The maximum Gasteiger partial charge on any atom is 0.160 e. The predicted octanol–water partition coefficient (Wildman–Crippen LogP) is 12.1. The van der Waals surface area contributed by atoms with Crippen LogP contribution in [0.25, 0.3) is 94.5 Å². The lowest BCUT2D eigenvalue weighted by atomic mass is 9.99. The van der Waals surface area contributed by atoms with Crippen LogP contribution in [0, 0.1) is 0 Å². The van der Waals surface area contributed by atoms with E-state index in [0.717, 1.165) is 66.8 Å². The highest BCUT2D eigenvalue weighted by atomic mass is 16.3. The normalized spacial score (nSPS) is 11.6. The van der Waals surface area contributed by atoms with Crippen molar-refractivity contribution in [3.05, 3.63) is 176 Å². The molecular formula is C46H29N3O. The second-order valence-corrected chi connectivity index (χ2v) is 12.6. The largest absolute Gasteiger partial charge is 0.456 e. The number of hydrogen-bond donors (Lipinski definition) is 0. The molecule has 0 spiro atoms. The molecule has 0 radical (unpaired) electrons. The summed E-state index contributed by atoms with van der Waals surface area (Å²) < 4.78 is 8.42. The molecular weight excluding hydrogens is 611 g/mol. The van der Waals surface area contributed by atoms with Crippen molar-refractivity contribution in [1.82, 2.24) is 14.5 Å². The molecule has 0 unspecified atom stereocenters. The third kappa shape index (κ3) is 4.69. The highest BCUT2D eigenvalue weighted by molar-refractivity contribution is 6.09. The number of aromatic nitrogens is 3. The van der Waals surface area contributed by atoms with Crippen molar-refractivity contribution < 1.29 is 4.42 Å². The fraction of sp³-hybridized carbons (Fsp3) is 0. The van der Waals surface area contributed by atoms with Crippen molar-refractivity contribution in [2.75, 3.05) is 0 Å². The van der Waals surface area contributed by atoms with Gasteiger partial charge in [0, 0.05) is 43.9 Å². The van der Waals surface area contributed by atoms with E-state index in [1.807, 2.05) is 30.3 Å². The minimum atomic E-state index is 0.687. The minimum Gasteiger partial charge on any atom is -0.456 e. The third-order valence-corrected chi connectivity index (χ3v) is 9.63. The lowest BCUT2D eigenvalue weighted by Gasteiger charge is -2.12. The van der Waals surface area contributed by atoms with Gasteiger partial charge >= 0.3 is 0 Å². The van der Waals surface area contributed by atoms with Crippen LogP contribution in [0.2, 0.25) is 0 Å². The van der Waals surface area contributed by atoms with Crippen molar-refractivity contribution in [2.24, 2.45) is 0 Å². The third-order valence-electron chi connectivity index (χ3n) is 9.63. The van der Waals surface area contributed by atoms with Gasteiger partial charge in [-0.1, -0.05) is 109 Å². The number of benzene rings is 7. The Morgan fingerprint density at radius 1 is 0.360 bits per heavy atom. The van der Waals surface area contributed by atoms with E-state index in [1.165, 1.54) is 21.8 Å². The van der Waals surface area contributed by atoms with E-state index >= 15 is 0 Å². The van der Waals surface area contributed by atoms with E-state index in [1.54, 1.807) is 0 Å². The van der Waals surface area contributed by atoms with Crippen LogP contribution in [-0.2, 0) is 0 Å². The molecule has 0 aliphatic carbocycles. The summed E-state index contributed by atoms with van der Waals surface area (Å²) in [6.45, 7) is 0. The molecule has 0 fully saturated rings. The Labute approximate surface area is 288 Å². The second kappa shape index (κ2) is 11.4. The first-order chi connectivity index (χ1) is 24.8. The average Bonchev–Trinajstić information content (AvgIpc) is 3.74. The average molecular weight is 640 g/mol. The Hall–Kier alpha value is -6.78. The van der Waals surface area contributed by atoms with Crippen molar-refractivity contribution in [3.63, 3.8) is 0 Å². The molecule has 234 valence electrons. The van der Waals surface area contributed by atoms with Crippen LogP contribution in [0.1, 0.15) is 0 Å². The summed E-state index contributed by atoms with van der Waals surface area (Å²) in [6.07, 6.45) is 0. The van der Waals surface area contributed by atoms with Crippen LogP contribution in [0.4, 0.5) is 0 Å². The molecule has 50 heavy (non-hydrogen) atoms. The standard InChI is InChI=1S/C46H29N3O/c1-2-11-30(12-3-1)40-29-41(34-14-10-13-32(27-34)33-23-26-45-39(28-33)38-17-6-9-20-44(38)50-45)48-46(47-40)31-21-24-35(25-22-31)49-42-18-7-4-15-36(42)37-16-5-8-19-43(37)49/h1-29H. The molecule has 0 saturated heterocycles. The molecule has 4 nitrogen and oxygen atoms in total. The van der Waals surface area contributed by atoms with Crippen molar-refractivity contribution in [1.29, 1.82) is 0 Å². The van der Waals surface area contributed by atoms with Gasteiger partial charge < -0.3 is 8.98 Å². The van der Waals surface area contributed by atoms with Crippen LogP contribution in [0.15, 0.2) is 180 Å². The van der Waals surface area contributed by atoms with Gasteiger partial charge in [-0.05, 0) is 77.9 Å². The second-order valence-electron chi connectivity index (χ2n) is 12.6. The number of furan rings is 1. The quantitative estimate of drug-likeness (QED) is 0.188. The van der Waals surface area contributed by atoms with Gasteiger partial charge in [0.2, 0.25) is 0 Å². The summed E-state index contributed by atoms with van der Waals surface area (Å²) in [4.78, 5) is 10.3. The molecule has 0 aliphatic rings. The van der Waals surface area contributed by atoms with Crippen LogP contribution in [-0.4, -0.2) is 14.5 Å². The number of para-hydroxylation sites is 3. The monoisotopic (exact) mass is 639 g/mol. The van der Waals surface area contributed by atoms with Gasteiger partial charge in [0.1, 0.15) is 11.2 Å². The van der Waals surface area contributed by atoms with Gasteiger partial charge in [0.05, 0.1) is 22.4 Å². The maximum atomic E-state index is 6.09. The van der Waals surface area contributed by atoms with Crippen molar-refractivity contribution in [3.8, 4) is 50.7 Å². The lowest BCUT2D eigenvalue weighted by Crippen LogP contribution is -1.97. The Kier molecular flexibility index (Phi) is 6.46. The zero-order chi connectivity index (χ0) is 33.0. The van der Waals surface area contributed by atoms with Crippen LogP contribution >= 0.6 is 0 Å². The number of rotatable bonds is 5. The van der Waals surface area contributed by atoms with Crippen LogP contribution in [0.3, 0.4) is 0 Å². The number of nitrogens with zero attached hydrogens (tertiary/aromatic N) is 3. The zero-order valence-corrected chi connectivity index (χ0v) is 27.0. The van der Waals surface area contributed by atoms with E-state index in [0.29, 0.717) is 5.82 Å². The molecule has 0 aliphatic heterocycles. The minimum absolute atomic E-state index is 0.687. The molecule has 3 heterocycles. The molecule has 0 atom stereocenters. The van der Waals surface area contributed by atoms with E-state index in [9.17, 15) is 0 Å². The molecule has 3 aromatic heterocycles. The van der Waals surface area contributed by atoms with Gasteiger partial charge in [-0.3, -0.25) is 0 Å². The van der Waals surface area contributed by atoms with Crippen LogP contribution in [0.5, 0.6) is 0 Å². The first-order valence-electron chi connectivity index (χ1n) is 16.8. The Morgan fingerprint density at radius 3 is 1.68 bits per heavy atom. The SMILES string of the molecule is c1ccc(-c2cc(-c3cccc(-c4ccc5oc6ccccc6c5c4)c3)nc(-c3ccc(-n4c5ccccc5c5ccccc54)cc3)n2)cc1. The summed E-state index contributed by atoms with van der Waals surface area (Å²) in [6, 6.07) is 61.4. The molecule has 10 aromatic rings. The first-order valence-corrected chi connectivity index (χ1v) is 16.8. The molecule has 10 rings (SSSR count). The summed E-state index contributed by atoms with van der Waals surface area (Å²) in [5.41, 5.74) is 12.3. The molecule has 0 amide bonds. The van der Waals surface area contributed by atoms with Gasteiger partial charge in [-0.15, -0.1) is 0 Å². The number of fused-ring (bicyclic) bond motifs is 6. The molecule has 0 bridgehead atoms. The smallest absolute Gasteiger partial charge is 0.160 e. The van der Waals surface area contributed by atoms with Gasteiger partial charge in [0.15, 0.2) is 5.82 Å². The fourth-order valence-electron chi connectivity index (χ4n) is 7.21. The zero-order valence-electron chi connectivity index (χ0n) is 27.0. The van der Waals surface area contributed by atoms with Crippen molar-refractivity contribution in [2.45, 2.75) is 0 Å². The van der Waals surface area contributed by atoms with Gasteiger partial charge in [-0.2, -0.15) is 0 Å². The van der Waals surface area contributed by atoms with Crippen LogP contribution < -0.4 is 0 Å². The topological polar surface area (TPSA) is 43.9 Å². The molecule has 4 heteroatoms. The molecule has 0 N–H and O–H groups in total. The van der Waals surface area contributed by atoms with Gasteiger partial charge in [0.25, 0.3) is 0 Å². The molecule has 0 saturated carbocycles. The number of hydrogen-bond acceptors (Lipinski definition) is 3.